The monoisotopic (exact) mass is 297 g/mol. The van der Waals surface area contributed by atoms with E-state index in [0.717, 1.165) is 26.2 Å². The number of thiazole rings is 1. The topological polar surface area (TPSA) is 28.2 Å². The highest BCUT2D eigenvalue weighted by Gasteiger charge is 2.24. The number of unbranched alkanes of at least 4 members (excludes halogenated alkanes) is 1. The Morgan fingerprint density at radius 2 is 1.90 bits per heavy atom. The molecule has 0 aliphatic rings. The molecule has 0 saturated carbocycles. The summed E-state index contributed by atoms with van der Waals surface area (Å²) in [5.74, 6) is 0. The van der Waals surface area contributed by atoms with E-state index < -0.39 is 0 Å². The molecule has 0 aromatic carbocycles. The summed E-state index contributed by atoms with van der Waals surface area (Å²) in [6.45, 7) is 17.5. The maximum absolute atomic E-state index is 4.96. The Hall–Kier alpha value is -0.610. The van der Waals surface area contributed by atoms with Crippen LogP contribution in [0.2, 0.25) is 0 Å². The van der Waals surface area contributed by atoms with Crippen LogP contribution in [0.5, 0.6) is 0 Å². The minimum Gasteiger partial charge on any atom is -0.348 e. The van der Waals surface area contributed by atoms with Crippen LogP contribution in [0, 0.1) is 0 Å². The Morgan fingerprint density at radius 1 is 1.20 bits per heavy atom. The molecule has 0 aliphatic heterocycles. The standard InChI is InChI=1S/C16H31N3S/c1-7-10-11-19(9-3)15-18-14(16(4,5)6)13(20-15)12-17-8-2/h17H,7-12H2,1-6H3. The second kappa shape index (κ2) is 7.99. The van der Waals surface area contributed by atoms with Crippen LogP contribution in [0.15, 0.2) is 0 Å². The van der Waals surface area contributed by atoms with Gasteiger partial charge in [-0.25, -0.2) is 4.98 Å². The van der Waals surface area contributed by atoms with Gasteiger partial charge in [-0.2, -0.15) is 0 Å². The molecule has 0 amide bonds. The second-order valence-electron chi connectivity index (χ2n) is 6.23. The molecule has 1 N–H and O–H groups in total. The van der Waals surface area contributed by atoms with Crippen molar-refractivity contribution in [2.24, 2.45) is 0 Å². The molecule has 0 aliphatic carbocycles. The highest BCUT2D eigenvalue weighted by Crippen LogP contribution is 2.33. The van der Waals surface area contributed by atoms with Crippen LogP contribution in [0.25, 0.3) is 0 Å². The van der Waals surface area contributed by atoms with Gasteiger partial charge in [-0.1, -0.05) is 41.0 Å². The van der Waals surface area contributed by atoms with Crippen molar-refractivity contribution < 1.29 is 0 Å². The molecule has 3 nitrogen and oxygen atoms in total. The van der Waals surface area contributed by atoms with Crippen molar-refractivity contribution in [1.29, 1.82) is 0 Å². The van der Waals surface area contributed by atoms with E-state index >= 15 is 0 Å². The van der Waals surface area contributed by atoms with Crippen molar-refractivity contribution in [2.75, 3.05) is 24.5 Å². The number of aromatic nitrogens is 1. The van der Waals surface area contributed by atoms with E-state index in [0.29, 0.717) is 0 Å². The zero-order valence-corrected chi connectivity index (χ0v) is 14.9. The van der Waals surface area contributed by atoms with Gasteiger partial charge in [0, 0.05) is 29.9 Å². The molecule has 0 atom stereocenters. The fourth-order valence-electron chi connectivity index (χ4n) is 2.16. The van der Waals surface area contributed by atoms with Gasteiger partial charge in [0.1, 0.15) is 0 Å². The van der Waals surface area contributed by atoms with Crippen molar-refractivity contribution in [1.82, 2.24) is 10.3 Å². The summed E-state index contributed by atoms with van der Waals surface area (Å²) < 4.78 is 0. The first-order chi connectivity index (χ1) is 9.43. The fourth-order valence-corrected chi connectivity index (χ4v) is 3.49. The molecule has 116 valence electrons. The second-order valence-corrected chi connectivity index (χ2v) is 7.29. The summed E-state index contributed by atoms with van der Waals surface area (Å²) in [6.07, 6.45) is 2.47. The predicted octanol–water partition coefficient (Wildman–Crippen LogP) is 4.18. The van der Waals surface area contributed by atoms with Crippen molar-refractivity contribution in [3.05, 3.63) is 10.6 Å². The SMILES string of the molecule is CCCCN(CC)c1nc(C(C)(C)C)c(CNCC)s1. The average Bonchev–Trinajstić information content (AvgIpc) is 2.81. The Balaban J connectivity index is 2.99. The van der Waals surface area contributed by atoms with Crippen molar-refractivity contribution in [3.8, 4) is 0 Å². The normalized spacial score (nSPS) is 11.9. The summed E-state index contributed by atoms with van der Waals surface area (Å²) in [4.78, 5) is 8.77. The first-order valence-electron chi connectivity index (χ1n) is 7.89. The Labute approximate surface area is 128 Å². The number of rotatable bonds is 8. The van der Waals surface area contributed by atoms with Gasteiger partial charge in [-0.3, -0.25) is 0 Å². The summed E-state index contributed by atoms with van der Waals surface area (Å²) >= 11 is 1.86. The predicted molar refractivity (Wildman–Crippen MR) is 91.0 cm³/mol. The molecule has 0 saturated heterocycles. The lowest BCUT2D eigenvalue weighted by atomic mass is 9.91. The molecular formula is C16H31N3S. The molecule has 0 bridgehead atoms. The van der Waals surface area contributed by atoms with Gasteiger partial charge in [0.15, 0.2) is 5.13 Å². The Kier molecular flexibility index (Phi) is 6.96. The van der Waals surface area contributed by atoms with E-state index in [4.69, 9.17) is 4.98 Å². The van der Waals surface area contributed by atoms with E-state index in [1.54, 1.807) is 0 Å². The number of hydrogen-bond donors (Lipinski definition) is 1. The smallest absolute Gasteiger partial charge is 0.185 e. The van der Waals surface area contributed by atoms with Crippen molar-refractivity contribution >= 4 is 16.5 Å². The number of anilines is 1. The minimum absolute atomic E-state index is 0.115. The molecule has 20 heavy (non-hydrogen) atoms. The quantitative estimate of drug-likeness (QED) is 0.780. The van der Waals surface area contributed by atoms with E-state index in [-0.39, 0.29) is 5.41 Å². The van der Waals surface area contributed by atoms with Gasteiger partial charge in [0.2, 0.25) is 0 Å². The summed E-state index contributed by atoms with van der Waals surface area (Å²) in [5.41, 5.74) is 1.37. The molecule has 0 radical (unpaired) electrons. The van der Waals surface area contributed by atoms with Crippen LogP contribution >= 0.6 is 11.3 Å². The van der Waals surface area contributed by atoms with Gasteiger partial charge in [0.05, 0.1) is 5.69 Å². The van der Waals surface area contributed by atoms with Crippen LogP contribution < -0.4 is 10.2 Å². The van der Waals surface area contributed by atoms with Gasteiger partial charge in [-0.15, -0.1) is 11.3 Å². The van der Waals surface area contributed by atoms with Crippen LogP contribution in [0.1, 0.15) is 65.0 Å². The molecule has 0 fully saturated rings. The van der Waals surface area contributed by atoms with E-state index in [9.17, 15) is 0 Å². The van der Waals surface area contributed by atoms with Gasteiger partial charge in [0.25, 0.3) is 0 Å². The van der Waals surface area contributed by atoms with Gasteiger partial charge < -0.3 is 10.2 Å². The number of nitrogens with one attached hydrogen (secondary N) is 1. The van der Waals surface area contributed by atoms with Crippen LogP contribution in [-0.4, -0.2) is 24.6 Å². The molecule has 1 heterocycles. The van der Waals surface area contributed by atoms with Crippen molar-refractivity contribution in [3.63, 3.8) is 0 Å². The fraction of sp³-hybridized carbons (Fsp3) is 0.812. The summed E-state index contributed by atoms with van der Waals surface area (Å²) in [5, 5.41) is 4.64. The van der Waals surface area contributed by atoms with E-state index in [1.807, 2.05) is 11.3 Å². The zero-order valence-electron chi connectivity index (χ0n) is 14.0. The number of hydrogen-bond acceptors (Lipinski definition) is 4. The van der Waals surface area contributed by atoms with E-state index in [2.05, 4.69) is 51.8 Å². The van der Waals surface area contributed by atoms with Crippen LogP contribution in [-0.2, 0) is 12.0 Å². The lowest BCUT2D eigenvalue weighted by Crippen LogP contribution is -2.24. The summed E-state index contributed by atoms with van der Waals surface area (Å²) in [6, 6.07) is 0. The zero-order chi connectivity index (χ0) is 15.2. The van der Waals surface area contributed by atoms with Gasteiger partial charge >= 0.3 is 0 Å². The lowest BCUT2D eigenvalue weighted by molar-refractivity contribution is 0.560. The molecule has 0 spiro atoms. The molecule has 0 unspecified atom stereocenters. The van der Waals surface area contributed by atoms with Crippen molar-refractivity contribution in [2.45, 2.75) is 66.3 Å². The first-order valence-corrected chi connectivity index (χ1v) is 8.71. The molecule has 1 aromatic rings. The minimum atomic E-state index is 0.115. The highest BCUT2D eigenvalue weighted by atomic mass is 32.1. The molecule has 4 heteroatoms. The maximum Gasteiger partial charge on any atom is 0.185 e. The Bertz CT molecular complexity index is 393. The maximum atomic E-state index is 4.96. The van der Waals surface area contributed by atoms with Gasteiger partial charge in [-0.05, 0) is 19.9 Å². The third kappa shape index (κ3) is 4.74. The van der Waals surface area contributed by atoms with Crippen LogP contribution in [0.3, 0.4) is 0 Å². The molecule has 1 aromatic heterocycles. The summed E-state index contributed by atoms with van der Waals surface area (Å²) in [7, 11) is 0. The Morgan fingerprint density at radius 3 is 2.40 bits per heavy atom. The average molecular weight is 298 g/mol. The van der Waals surface area contributed by atoms with E-state index in [1.165, 1.54) is 28.5 Å². The largest absolute Gasteiger partial charge is 0.348 e. The van der Waals surface area contributed by atoms with Crippen LogP contribution in [0.4, 0.5) is 5.13 Å². The highest BCUT2D eigenvalue weighted by molar-refractivity contribution is 7.15. The third-order valence-corrected chi connectivity index (χ3v) is 4.48. The molecule has 1 rings (SSSR count). The molecular weight excluding hydrogens is 266 g/mol. The lowest BCUT2D eigenvalue weighted by Gasteiger charge is -2.20. The third-order valence-electron chi connectivity index (χ3n) is 3.37. The number of nitrogens with zero attached hydrogens (tertiary/aromatic N) is 2. The first kappa shape index (κ1) is 17.4.